The highest BCUT2D eigenvalue weighted by Gasteiger charge is 2.26. The van der Waals surface area contributed by atoms with Gasteiger partial charge in [0, 0.05) is 50.4 Å². The maximum absolute atomic E-state index is 13.3. The number of benzene rings is 2. The van der Waals surface area contributed by atoms with E-state index in [2.05, 4.69) is 42.3 Å². The van der Waals surface area contributed by atoms with E-state index in [1.54, 1.807) is 18.2 Å². The fraction of sp³-hybridized carbons (Fsp3) is 0.429. The van der Waals surface area contributed by atoms with Gasteiger partial charge in [-0.25, -0.2) is 0 Å². The van der Waals surface area contributed by atoms with Crippen LogP contribution in [0, 0.1) is 13.8 Å². The van der Waals surface area contributed by atoms with Crippen molar-refractivity contribution in [2.75, 3.05) is 39.5 Å². The first-order valence-corrected chi connectivity index (χ1v) is 12.5. The summed E-state index contributed by atoms with van der Waals surface area (Å²) < 4.78 is 10.6. The Kier molecular flexibility index (Phi) is 6.77. The number of carbonyl (C=O) groups excluding carboxylic acids is 2. The second-order valence-corrected chi connectivity index (χ2v) is 9.65. The molecule has 35 heavy (non-hydrogen) atoms. The number of aryl methyl sites for hydroxylation is 2. The first-order chi connectivity index (χ1) is 17.0. The normalized spacial score (nSPS) is 17.1. The van der Waals surface area contributed by atoms with Gasteiger partial charge in [0.25, 0.3) is 11.8 Å². The molecule has 0 fully saturated rings. The van der Waals surface area contributed by atoms with Crippen molar-refractivity contribution in [2.45, 2.75) is 39.7 Å². The zero-order valence-corrected chi connectivity index (χ0v) is 20.6. The first-order valence-electron chi connectivity index (χ1n) is 12.5. The zero-order chi connectivity index (χ0) is 24.4. The van der Waals surface area contributed by atoms with E-state index in [0.29, 0.717) is 36.7 Å². The molecule has 2 aromatic rings. The summed E-state index contributed by atoms with van der Waals surface area (Å²) in [5.74, 6) is 1.32. The number of nitrogens with zero attached hydrogens (tertiary/aromatic N) is 2. The Labute approximate surface area is 206 Å². The van der Waals surface area contributed by atoms with E-state index in [0.717, 1.165) is 44.5 Å². The van der Waals surface area contributed by atoms with Gasteiger partial charge in [-0.2, -0.15) is 0 Å². The van der Waals surface area contributed by atoms with Crippen LogP contribution in [-0.2, 0) is 17.8 Å². The van der Waals surface area contributed by atoms with Gasteiger partial charge in [-0.15, -0.1) is 0 Å². The number of hydrogen-bond acceptors (Lipinski definition) is 5. The fourth-order valence-corrected chi connectivity index (χ4v) is 5.03. The molecule has 0 aliphatic carbocycles. The molecule has 5 rings (SSSR count). The highest BCUT2D eigenvalue weighted by Crippen LogP contribution is 2.32. The van der Waals surface area contributed by atoms with Gasteiger partial charge in [-0.05, 0) is 73.6 Å². The van der Waals surface area contributed by atoms with Gasteiger partial charge in [0.1, 0.15) is 0 Å². The van der Waals surface area contributed by atoms with Crippen molar-refractivity contribution in [1.29, 1.82) is 0 Å². The average Bonchev–Trinajstić information content (AvgIpc) is 3.35. The van der Waals surface area contributed by atoms with Crippen LogP contribution in [0.1, 0.15) is 45.5 Å². The summed E-state index contributed by atoms with van der Waals surface area (Å²) in [6.07, 6.45) is 4.74. The molecule has 7 nitrogen and oxygen atoms in total. The molecule has 0 saturated carbocycles. The molecule has 0 bridgehead atoms. The Morgan fingerprint density at radius 2 is 1.77 bits per heavy atom. The third-order valence-electron chi connectivity index (χ3n) is 7.19. The van der Waals surface area contributed by atoms with Crippen LogP contribution in [0.4, 0.5) is 0 Å². The SMILES string of the molecule is Cc1cc2c(cc1C)CN(C(=O)C1=CCCN(CCCNC(=O)c3ccc4c(c3)OCO4)C1)CC2. The molecule has 7 heteroatoms. The van der Waals surface area contributed by atoms with Crippen LogP contribution in [0.25, 0.3) is 0 Å². The summed E-state index contributed by atoms with van der Waals surface area (Å²) in [6, 6.07) is 9.74. The van der Waals surface area contributed by atoms with E-state index in [-0.39, 0.29) is 18.6 Å². The molecule has 0 atom stereocenters. The van der Waals surface area contributed by atoms with Crippen LogP contribution in [0.3, 0.4) is 0 Å². The molecule has 2 aromatic carbocycles. The quantitative estimate of drug-likeness (QED) is 0.649. The smallest absolute Gasteiger partial charge is 0.251 e. The molecule has 0 radical (unpaired) electrons. The summed E-state index contributed by atoms with van der Waals surface area (Å²) in [6.45, 7) is 8.98. The Hall–Kier alpha value is -3.32. The molecular weight excluding hydrogens is 442 g/mol. The van der Waals surface area contributed by atoms with E-state index < -0.39 is 0 Å². The Morgan fingerprint density at radius 1 is 0.971 bits per heavy atom. The van der Waals surface area contributed by atoms with E-state index in [1.807, 2.05) is 4.90 Å². The molecular formula is C28H33N3O4. The van der Waals surface area contributed by atoms with Crippen LogP contribution >= 0.6 is 0 Å². The summed E-state index contributed by atoms with van der Waals surface area (Å²) in [5.41, 5.74) is 6.72. The molecule has 3 aliphatic heterocycles. The van der Waals surface area contributed by atoms with Gasteiger partial charge in [-0.3, -0.25) is 14.5 Å². The van der Waals surface area contributed by atoms with Gasteiger partial charge < -0.3 is 19.7 Å². The van der Waals surface area contributed by atoms with E-state index in [4.69, 9.17) is 9.47 Å². The van der Waals surface area contributed by atoms with Crippen LogP contribution in [0.15, 0.2) is 42.0 Å². The van der Waals surface area contributed by atoms with Crippen LogP contribution in [-0.4, -0.2) is 61.1 Å². The lowest BCUT2D eigenvalue weighted by molar-refractivity contribution is -0.128. The number of fused-ring (bicyclic) bond motifs is 2. The van der Waals surface area contributed by atoms with E-state index in [1.165, 1.54) is 22.3 Å². The highest BCUT2D eigenvalue weighted by molar-refractivity contribution is 5.95. The Balaban J connectivity index is 1.09. The standard InChI is InChI=1S/C28H33N3O4/c1-19-13-21-8-12-31(17-24(21)14-20(19)2)28(33)23-5-3-10-30(16-23)11-4-9-29-27(32)22-6-7-25-26(15-22)35-18-34-25/h5-7,13-15H,3-4,8-12,16-18H2,1-2H3,(H,29,32). The largest absolute Gasteiger partial charge is 0.454 e. The number of amides is 2. The van der Waals surface area contributed by atoms with Gasteiger partial charge in [0.15, 0.2) is 11.5 Å². The molecule has 184 valence electrons. The van der Waals surface area contributed by atoms with Crippen LogP contribution < -0.4 is 14.8 Å². The monoisotopic (exact) mass is 475 g/mol. The van der Waals surface area contributed by atoms with Gasteiger partial charge in [0.2, 0.25) is 6.79 Å². The molecule has 0 aromatic heterocycles. The maximum atomic E-state index is 13.3. The second-order valence-electron chi connectivity index (χ2n) is 9.65. The van der Waals surface area contributed by atoms with Gasteiger partial charge >= 0.3 is 0 Å². The summed E-state index contributed by atoms with van der Waals surface area (Å²) >= 11 is 0. The molecule has 0 saturated heterocycles. The van der Waals surface area contributed by atoms with Crippen molar-refractivity contribution in [1.82, 2.24) is 15.1 Å². The summed E-state index contributed by atoms with van der Waals surface area (Å²) in [5, 5.41) is 2.98. The van der Waals surface area contributed by atoms with Crippen molar-refractivity contribution in [3.05, 3.63) is 69.8 Å². The minimum absolute atomic E-state index is 0.117. The molecule has 3 heterocycles. The van der Waals surface area contributed by atoms with Crippen molar-refractivity contribution < 1.29 is 19.1 Å². The summed E-state index contributed by atoms with van der Waals surface area (Å²) in [4.78, 5) is 30.0. The molecule has 2 amide bonds. The van der Waals surface area contributed by atoms with Gasteiger partial charge in [-0.1, -0.05) is 18.2 Å². The van der Waals surface area contributed by atoms with Crippen molar-refractivity contribution in [3.8, 4) is 11.5 Å². The number of ether oxygens (including phenoxy) is 2. The highest BCUT2D eigenvalue weighted by atomic mass is 16.7. The fourth-order valence-electron chi connectivity index (χ4n) is 5.03. The topological polar surface area (TPSA) is 71.1 Å². The van der Waals surface area contributed by atoms with E-state index >= 15 is 0 Å². The predicted molar refractivity (Wildman–Crippen MR) is 134 cm³/mol. The van der Waals surface area contributed by atoms with Crippen LogP contribution in [0.2, 0.25) is 0 Å². The number of nitrogens with one attached hydrogen (secondary N) is 1. The third kappa shape index (κ3) is 5.20. The minimum atomic E-state index is -0.117. The Bertz CT molecular complexity index is 1170. The number of carbonyl (C=O) groups is 2. The lowest BCUT2D eigenvalue weighted by Gasteiger charge is -2.33. The van der Waals surface area contributed by atoms with Crippen molar-refractivity contribution in [2.24, 2.45) is 0 Å². The first kappa shape index (κ1) is 23.4. The Morgan fingerprint density at radius 3 is 2.63 bits per heavy atom. The number of rotatable bonds is 6. The van der Waals surface area contributed by atoms with Crippen molar-refractivity contribution >= 4 is 11.8 Å². The van der Waals surface area contributed by atoms with Crippen molar-refractivity contribution in [3.63, 3.8) is 0 Å². The zero-order valence-electron chi connectivity index (χ0n) is 20.6. The molecule has 0 spiro atoms. The van der Waals surface area contributed by atoms with E-state index in [9.17, 15) is 9.59 Å². The lowest BCUT2D eigenvalue weighted by atomic mass is 9.94. The average molecular weight is 476 g/mol. The maximum Gasteiger partial charge on any atom is 0.251 e. The predicted octanol–water partition coefficient (Wildman–Crippen LogP) is 3.37. The second kappa shape index (κ2) is 10.1. The summed E-state index contributed by atoms with van der Waals surface area (Å²) in [7, 11) is 0. The minimum Gasteiger partial charge on any atom is -0.454 e. The molecule has 3 aliphatic rings. The molecule has 0 unspecified atom stereocenters. The lowest BCUT2D eigenvalue weighted by Crippen LogP contribution is -2.41. The number of hydrogen-bond donors (Lipinski definition) is 1. The van der Waals surface area contributed by atoms with Crippen LogP contribution in [0.5, 0.6) is 11.5 Å². The molecule has 1 N–H and O–H groups in total. The third-order valence-corrected chi connectivity index (χ3v) is 7.19. The van der Waals surface area contributed by atoms with Gasteiger partial charge in [0.05, 0.1) is 0 Å².